The zero-order chi connectivity index (χ0) is 40.3. The Morgan fingerprint density at radius 3 is 1.93 bits per heavy atom. The van der Waals surface area contributed by atoms with Crippen LogP contribution in [-0.2, 0) is 34.1 Å². The molecule has 0 radical (unpaired) electrons. The molecule has 0 saturated heterocycles. The molecule has 0 unspecified atom stereocenters. The van der Waals surface area contributed by atoms with Gasteiger partial charge >= 0.3 is 12.1 Å². The van der Waals surface area contributed by atoms with E-state index in [4.69, 9.17) is 4.74 Å². The van der Waals surface area contributed by atoms with E-state index in [1.54, 1.807) is 0 Å². The quantitative estimate of drug-likeness (QED) is 0.0776. The van der Waals surface area contributed by atoms with E-state index in [1.807, 2.05) is 12.1 Å². The van der Waals surface area contributed by atoms with Crippen LogP contribution in [0.3, 0.4) is 0 Å². The Morgan fingerprint density at radius 1 is 0.804 bits per heavy atom. The SMILES string of the molecule is O=C(O)c1ccc(N(Cc2cc(C3CC3)cc(C3CC3)c2)C(=O)CN(Cc2ncccc2C(F)(F)F)S(=O)(=O)c2c(F)c(F)c(F)c(F)c2F)c(OC2CC2)c1. The number of benzene rings is 3. The zero-order valence-corrected chi connectivity index (χ0v) is 29.9. The molecule has 296 valence electrons. The van der Waals surface area contributed by atoms with E-state index in [2.05, 4.69) is 11.1 Å². The van der Waals surface area contributed by atoms with Crippen LogP contribution < -0.4 is 9.64 Å². The van der Waals surface area contributed by atoms with Gasteiger partial charge in [0.25, 0.3) is 0 Å². The number of aromatic nitrogens is 1. The van der Waals surface area contributed by atoms with Crippen molar-refractivity contribution in [1.82, 2.24) is 9.29 Å². The maximum atomic E-state index is 15.1. The van der Waals surface area contributed by atoms with Gasteiger partial charge in [-0.2, -0.15) is 17.5 Å². The van der Waals surface area contributed by atoms with Gasteiger partial charge in [0.15, 0.2) is 28.2 Å². The molecule has 0 aliphatic heterocycles. The molecule has 1 heterocycles. The lowest BCUT2D eigenvalue weighted by Gasteiger charge is -2.29. The van der Waals surface area contributed by atoms with Gasteiger partial charge < -0.3 is 14.7 Å². The minimum absolute atomic E-state index is 0.0842. The molecule has 1 N–H and O–H groups in total. The number of aromatic carboxylic acids is 1. The molecular formula is C38H31F8N3O6S. The third kappa shape index (κ3) is 8.07. The number of amides is 1. The molecule has 3 aromatic carbocycles. The number of carboxylic acid groups (broad SMARTS) is 1. The number of carbonyl (C=O) groups is 2. The third-order valence-corrected chi connectivity index (χ3v) is 11.5. The molecule has 3 aliphatic carbocycles. The number of nitrogens with zero attached hydrogens (tertiary/aromatic N) is 3. The van der Waals surface area contributed by atoms with Gasteiger partial charge in [0.05, 0.1) is 48.2 Å². The van der Waals surface area contributed by atoms with Gasteiger partial charge in [-0.15, -0.1) is 0 Å². The maximum Gasteiger partial charge on any atom is 0.418 e. The van der Waals surface area contributed by atoms with Gasteiger partial charge in [0.2, 0.25) is 21.7 Å². The van der Waals surface area contributed by atoms with Crippen molar-refractivity contribution in [2.45, 2.75) is 80.6 Å². The molecule has 9 nitrogen and oxygen atoms in total. The molecule has 3 aliphatic rings. The average Bonchev–Trinajstić information content (AvgIpc) is 3.99. The van der Waals surface area contributed by atoms with Crippen LogP contribution in [0.5, 0.6) is 5.75 Å². The lowest BCUT2D eigenvalue weighted by Crippen LogP contribution is -2.43. The smallest absolute Gasteiger partial charge is 0.418 e. The Kier molecular flexibility index (Phi) is 10.3. The number of carboxylic acids is 1. The number of sulfonamides is 1. The van der Waals surface area contributed by atoms with Gasteiger partial charge in [-0.25, -0.2) is 35.2 Å². The topological polar surface area (TPSA) is 117 Å². The van der Waals surface area contributed by atoms with Crippen LogP contribution in [0.2, 0.25) is 0 Å². The van der Waals surface area contributed by atoms with Crippen LogP contribution in [0.25, 0.3) is 0 Å². The zero-order valence-electron chi connectivity index (χ0n) is 29.1. The number of ether oxygens (including phenoxy) is 1. The largest absolute Gasteiger partial charge is 0.488 e. The van der Waals surface area contributed by atoms with E-state index < -0.39 is 86.4 Å². The summed E-state index contributed by atoms with van der Waals surface area (Å²) in [5.74, 6) is -15.8. The number of carbonyl (C=O) groups excluding carboxylic acids is 1. The Bertz CT molecular complexity index is 2290. The predicted molar refractivity (Wildman–Crippen MR) is 182 cm³/mol. The van der Waals surface area contributed by atoms with Crippen LogP contribution >= 0.6 is 0 Å². The Morgan fingerprint density at radius 2 is 1.39 bits per heavy atom. The fourth-order valence-corrected chi connectivity index (χ4v) is 7.82. The minimum atomic E-state index is -6.05. The van der Waals surface area contributed by atoms with Crippen molar-refractivity contribution in [3.63, 3.8) is 0 Å². The number of anilines is 1. The van der Waals surface area contributed by atoms with E-state index in [0.29, 0.717) is 24.5 Å². The average molecular weight is 810 g/mol. The van der Waals surface area contributed by atoms with Crippen LogP contribution in [0.15, 0.2) is 59.6 Å². The Balaban J connectivity index is 1.36. The Hall–Kier alpha value is -5.10. The molecule has 0 spiro atoms. The summed E-state index contributed by atoms with van der Waals surface area (Å²) in [6, 6.07) is 10.6. The van der Waals surface area contributed by atoms with Gasteiger partial charge in [-0.05, 0) is 97.4 Å². The molecule has 4 aromatic rings. The number of hydrogen-bond donors (Lipinski definition) is 1. The van der Waals surface area contributed by atoms with E-state index in [0.717, 1.165) is 66.1 Å². The summed E-state index contributed by atoms with van der Waals surface area (Å²) in [5.41, 5.74) is -0.372. The lowest BCUT2D eigenvalue weighted by molar-refractivity contribution is -0.138. The Labute approximate surface area is 314 Å². The first kappa shape index (κ1) is 39.1. The summed E-state index contributed by atoms with van der Waals surface area (Å²) in [5, 5.41) is 9.71. The number of pyridine rings is 1. The van der Waals surface area contributed by atoms with Crippen molar-refractivity contribution >= 4 is 27.6 Å². The molecule has 7 rings (SSSR count). The highest BCUT2D eigenvalue weighted by molar-refractivity contribution is 7.89. The van der Waals surface area contributed by atoms with Crippen molar-refractivity contribution in [2.24, 2.45) is 0 Å². The second-order valence-corrected chi connectivity index (χ2v) is 15.9. The maximum absolute atomic E-state index is 15.1. The first-order valence-electron chi connectivity index (χ1n) is 17.4. The number of rotatable bonds is 14. The highest BCUT2D eigenvalue weighted by atomic mass is 32.2. The van der Waals surface area contributed by atoms with E-state index in [9.17, 15) is 49.5 Å². The van der Waals surface area contributed by atoms with Crippen molar-refractivity contribution in [3.8, 4) is 5.75 Å². The first-order chi connectivity index (χ1) is 26.4. The molecule has 1 amide bonds. The normalized spacial score (nSPS) is 15.9. The molecular weight excluding hydrogens is 778 g/mol. The molecule has 0 bridgehead atoms. The molecule has 18 heteroatoms. The first-order valence-corrected chi connectivity index (χ1v) is 18.9. The highest BCUT2D eigenvalue weighted by Gasteiger charge is 2.42. The molecule has 0 atom stereocenters. The summed E-state index contributed by atoms with van der Waals surface area (Å²) in [4.78, 5) is 28.7. The minimum Gasteiger partial charge on any atom is -0.488 e. The fourth-order valence-electron chi connectivity index (χ4n) is 6.35. The van der Waals surface area contributed by atoms with E-state index in [1.165, 1.54) is 6.07 Å². The van der Waals surface area contributed by atoms with Crippen LogP contribution in [0.4, 0.5) is 40.8 Å². The van der Waals surface area contributed by atoms with Gasteiger partial charge in [0, 0.05) is 6.20 Å². The van der Waals surface area contributed by atoms with Crippen molar-refractivity contribution < 1.29 is 63.0 Å². The summed E-state index contributed by atoms with van der Waals surface area (Å²) in [6.07, 6.45) is 0.161. The summed E-state index contributed by atoms with van der Waals surface area (Å²) < 4.78 is 149. The number of halogens is 8. The van der Waals surface area contributed by atoms with E-state index in [-0.39, 0.29) is 45.8 Å². The van der Waals surface area contributed by atoms with Gasteiger partial charge in [0.1, 0.15) is 5.75 Å². The van der Waals surface area contributed by atoms with Crippen LogP contribution in [0.1, 0.15) is 88.7 Å². The van der Waals surface area contributed by atoms with Crippen LogP contribution in [0, 0.1) is 29.1 Å². The monoisotopic (exact) mass is 809 g/mol. The number of alkyl halides is 3. The molecule has 3 saturated carbocycles. The van der Waals surface area contributed by atoms with Gasteiger partial charge in [-0.3, -0.25) is 9.78 Å². The molecule has 1 aromatic heterocycles. The van der Waals surface area contributed by atoms with Crippen molar-refractivity contribution in [3.05, 3.63) is 117 Å². The van der Waals surface area contributed by atoms with Crippen molar-refractivity contribution in [2.75, 3.05) is 11.4 Å². The fraction of sp³-hybridized carbons (Fsp3) is 0.342. The molecule has 3 fully saturated rings. The van der Waals surface area contributed by atoms with E-state index >= 15 is 8.78 Å². The molecule has 56 heavy (non-hydrogen) atoms. The number of hydrogen-bond acceptors (Lipinski definition) is 6. The second kappa shape index (κ2) is 14.8. The third-order valence-electron chi connectivity index (χ3n) is 9.69. The summed E-state index contributed by atoms with van der Waals surface area (Å²) in [7, 11) is -6.05. The van der Waals surface area contributed by atoms with Crippen molar-refractivity contribution in [1.29, 1.82) is 0 Å². The summed E-state index contributed by atoms with van der Waals surface area (Å²) >= 11 is 0. The van der Waals surface area contributed by atoms with Gasteiger partial charge in [-0.1, -0.05) is 18.2 Å². The second-order valence-electron chi connectivity index (χ2n) is 14.0. The predicted octanol–water partition coefficient (Wildman–Crippen LogP) is 8.21. The van der Waals surface area contributed by atoms with Crippen LogP contribution in [-0.4, -0.2) is 47.3 Å². The lowest BCUT2D eigenvalue weighted by atomic mass is 9.99. The standard InChI is InChI=1S/C38H31F8N3O6S/c39-31-32(40)34(42)36(35(43)33(31)41)56(53,54)48(17-27-26(38(44,45)46)2-1-11-47-27)18-30(50)49(28-10-7-22(37(51)52)15-29(28)55-25-8-9-25)16-19-12-23(20-3-4-20)14-24(13-19)21-5-6-21/h1-2,7,10-15,20-21,25H,3-6,8-9,16-18H2,(H,51,52). The highest BCUT2D eigenvalue weighted by Crippen LogP contribution is 2.46. The summed E-state index contributed by atoms with van der Waals surface area (Å²) in [6.45, 7) is -3.36.